The predicted molar refractivity (Wildman–Crippen MR) is 176 cm³/mol. The van der Waals surface area contributed by atoms with E-state index in [-0.39, 0.29) is 24.9 Å². The van der Waals surface area contributed by atoms with E-state index >= 15 is 0 Å². The number of imidazole rings is 1. The zero-order valence-electron chi connectivity index (χ0n) is 24.0. The second-order valence-electron chi connectivity index (χ2n) is 10.3. The third-order valence-electron chi connectivity index (χ3n) is 7.10. The molecule has 1 atom stereocenters. The molecule has 1 heterocycles. The second kappa shape index (κ2) is 14.3. The molecule has 9 heteroatoms. The zero-order valence-corrected chi connectivity index (χ0v) is 25.6. The van der Waals surface area contributed by atoms with Gasteiger partial charge in [-0.2, -0.15) is 0 Å². The summed E-state index contributed by atoms with van der Waals surface area (Å²) in [6, 6.07) is 26.7. The first-order chi connectivity index (χ1) is 21.3. The molecule has 5 aromatic rings. The largest absolute Gasteiger partial charge is 0.494 e. The van der Waals surface area contributed by atoms with Crippen LogP contribution >= 0.6 is 23.2 Å². The molecule has 0 radical (unpaired) electrons. The Labute approximate surface area is 265 Å². The van der Waals surface area contributed by atoms with Crippen LogP contribution in [-0.2, 0) is 16.1 Å². The van der Waals surface area contributed by atoms with Crippen molar-refractivity contribution in [2.24, 2.45) is 0 Å². The number of fused-ring (bicyclic) bond motifs is 1. The van der Waals surface area contributed by atoms with E-state index in [2.05, 4.69) is 23.5 Å². The molecule has 7 nitrogen and oxygen atoms in total. The average molecular weight is 629 g/mol. The molecule has 5 rings (SSSR count). The maximum atomic E-state index is 13.3. The first-order valence-corrected chi connectivity index (χ1v) is 14.9. The molecule has 0 aliphatic rings. The SMILES string of the molecule is CC(NC(=O)Cn1cc(-c2ccc(Cl)cc2Cl)nc1/C=C/c1ccc(OCCCC(=O)O)cc1)c1cccc2ccccc12. The van der Waals surface area contributed by atoms with Crippen LogP contribution in [0, 0.1) is 0 Å². The highest BCUT2D eigenvalue weighted by atomic mass is 35.5. The number of ether oxygens (including phenoxy) is 1. The fourth-order valence-corrected chi connectivity index (χ4v) is 5.43. The number of nitrogens with one attached hydrogen (secondary N) is 1. The number of aliphatic carboxylic acids is 1. The predicted octanol–water partition coefficient (Wildman–Crippen LogP) is 8.30. The molecule has 1 amide bonds. The highest BCUT2D eigenvalue weighted by molar-refractivity contribution is 6.36. The van der Waals surface area contributed by atoms with Crippen LogP contribution in [0.15, 0.2) is 91.1 Å². The lowest BCUT2D eigenvalue weighted by molar-refractivity contribution is -0.137. The van der Waals surface area contributed by atoms with Gasteiger partial charge in [0.1, 0.15) is 18.1 Å². The number of hydrogen-bond acceptors (Lipinski definition) is 4. The zero-order chi connectivity index (χ0) is 31.1. The normalized spacial score (nSPS) is 12.0. The fourth-order valence-electron chi connectivity index (χ4n) is 4.92. The van der Waals surface area contributed by atoms with E-state index in [0.717, 1.165) is 21.9 Å². The summed E-state index contributed by atoms with van der Waals surface area (Å²) in [5, 5.41) is 15.1. The van der Waals surface area contributed by atoms with Crippen molar-refractivity contribution in [3.63, 3.8) is 0 Å². The number of carboxylic acids is 1. The highest BCUT2D eigenvalue weighted by Crippen LogP contribution is 2.30. The van der Waals surface area contributed by atoms with Crippen molar-refractivity contribution in [3.8, 4) is 17.0 Å². The lowest BCUT2D eigenvalue weighted by atomic mass is 10.00. The van der Waals surface area contributed by atoms with Crippen molar-refractivity contribution < 1.29 is 19.4 Å². The number of nitrogens with zero attached hydrogens (tertiary/aromatic N) is 2. The maximum absolute atomic E-state index is 13.3. The number of carbonyl (C=O) groups is 2. The van der Waals surface area contributed by atoms with Gasteiger partial charge >= 0.3 is 5.97 Å². The standard InChI is InChI=1S/C35H31Cl2N3O4/c1-23(28-9-4-7-25-6-2-3-8-29(25)28)38-34(41)22-40-21-32(30-17-14-26(36)20-31(30)37)39-33(40)18-13-24-11-15-27(16-12-24)44-19-5-10-35(42)43/h2-4,6-9,11-18,20-21,23H,5,10,19,22H2,1H3,(H,38,41)(H,42,43)/b18-13+. The van der Waals surface area contributed by atoms with Crippen LogP contribution in [0.5, 0.6) is 5.75 Å². The minimum absolute atomic E-state index is 0.0517. The van der Waals surface area contributed by atoms with Crippen molar-refractivity contribution in [1.29, 1.82) is 0 Å². The highest BCUT2D eigenvalue weighted by Gasteiger charge is 2.16. The van der Waals surface area contributed by atoms with Crippen LogP contribution < -0.4 is 10.1 Å². The van der Waals surface area contributed by atoms with Crippen molar-refractivity contribution in [1.82, 2.24) is 14.9 Å². The summed E-state index contributed by atoms with van der Waals surface area (Å²) in [5.41, 5.74) is 3.27. The Morgan fingerprint density at radius 3 is 2.55 bits per heavy atom. The Bertz CT molecular complexity index is 1810. The molecule has 0 aliphatic heterocycles. The molecule has 0 spiro atoms. The summed E-state index contributed by atoms with van der Waals surface area (Å²) in [6.07, 6.45) is 6.06. The Morgan fingerprint density at radius 1 is 1.00 bits per heavy atom. The Hall–Kier alpha value is -4.59. The van der Waals surface area contributed by atoms with Gasteiger partial charge in [-0.1, -0.05) is 83.9 Å². The van der Waals surface area contributed by atoms with E-state index < -0.39 is 5.97 Å². The lowest BCUT2D eigenvalue weighted by Gasteiger charge is -2.17. The van der Waals surface area contributed by atoms with E-state index in [1.54, 1.807) is 16.7 Å². The monoisotopic (exact) mass is 627 g/mol. The lowest BCUT2D eigenvalue weighted by Crippen LogP contribution is -2.30. The molecule has 0 saturated carbocycles. The van der Waals surface area contributed by atoms with Gasteiger partial charge < -0.3 is 19.7 Å². The molecular weight excluding hydrogens is 597 g/mol. The first-order valence-electron chi connectivity index (χ1n) is 14.2. The van der Waals surface area contributed by atoms with Gasteiger partial charge in [0.05, 0.1) is 23.4 Å². The number of benzene rings is 4. The topological polar surface area (TPSA) is 93.5 Å². The van der Waals surface area contributed by atoms with E-state index in [0.29, 0.717) is 45.9 Å². The third kappa shape index (κ3) is 7.86. The van der Waals surface area contributed by atoms with Gasteiger partial charge in [0, 0.05) is 23.2 Å². The van der Waals surface area contributed by atoms with E-state index in [1.807, 2.05) is 79.9 Å². The second-order valence-corrected chi connectivity index (χ2v) is 11.2. The van der Waals surface area contributed by atoms with Gasteiger partial charge in [0.15, 0.2) is 0 Å². The summed E-state index contributed by atoms with van der Waals surface area (Å²) < 4.78 is 7.42. The van der Waals surface area contributed by atoms with Gasteiger partial charge in [0.2, 0.25) is 5.91 Å². The van der Waals surface area contributed by atoms with Gasteiger partial charge in [-0.15, -0.1) is 0 Å². The van der Waals surface area contributed by atoms with E-state index in [9.17, 15) is 9.59 Å². The summed E-state index contributed by atoms with van der Waals surface area (Å²) >= 11 is 12.6. The van der Waals surface area contributed by atoms with Crippen LogP contribution in [0.2, 0.25) is 10.0 Å². The van der Waals surface area contributed by atoms with E-state index in [4.69, 9.17) is 38.0 Å². The van der Waals surface area contributed by atoms with Crippen LogP contribution in [0.3, 0.4) is 0 Å². The minimum Gasteiger partial charge on any atom is -0.494 e. The minimum atomic E-state index is -0.842. The molecule has 2 N–H and O–H groups in total. The molecule has 44 heavy (non-hydrogen) atoms. The molecule has 0 fully saturated rings. The maximum Gasteiger partial charge on any atom is 0.303 e. The van der Waals surface area contributed by atoms with Crippen LogP contribution in [0.25, 0.3) is 34.2 Å². The molecular formula is C35H31Cl2N3O4. The number of hydrogen-bond donors (Lipinski definition) is 2. The van der Waals surface area contributed by atoms with Gasteiger partial charge in [0.25, 0.3) is 0 Å². The van der Waals surface area contributed by atoms with Crippen LogP contribution in [0.1, 0.15) is 42.8 Å². The summed E-state index contributed by atoms with van der Waals surface area (Å²) in [6.45, 7) is 2.36. The number of rotatable bonds is 12. The molecule has 1 aromatic heterocycles. The molecule has 4 aromatic carbocycles. The summed E-state index contributed by atoms with van der Waals surface area (Å²) in [4.78, 5) is 28.8. The number of halogens is 2. The number of carboxylic acid groups (broad SMARTS) is 1. The van der Waals surface area contributed by atoms with Crippen molar-refractivity contribution in [2.45, 2.75) is 32.4 Å². The van der Waals surface area contributed by atoms with Crippen molar-refractivity contribution in [2.75, 3.05) is 6.61 Å². The first kappa shape index (κ1) is 30.9. The van der Waals surface area contributed by atoms with Crippen LogP contribution in [0.4, 0.5) is 0 Å². The Morgan fingerprint density at radius 2 is 1.77 bits per heavy atom. The van der Waals surface area contributed by atoms with Gasteiger partial charge in [-0.3, -0.25) is 9.59 Å². The molecule has 224 valence electrons. The smallest absolute Gasteiger partial charge is 0.303 e. The van der Waals surface area contributed by atoms with Crippen molar-refractivity contribution in [3.05, 3.63) is 118 Å². The molecule has 0 bridgehead atoms. The third-order valence-corrected chi connectivity index (χ3v) is 7.65. The Kier molecular flexibility index (Phi) is 10.00. The number of aromatic nitrogens is 2. The number of carbonyl (C=O) groups excluding carboxylic acids is 1. The van der Waals surface area contributed by atoms with Crippen molar-refractivity contribution >= 4 is 58.0 Å². The number of amides is 1. The Balaban J connectivity index is 1.35. The quantitative estimate of drug-likeness (QED) is 0.136. The van der Waals surface area contributed by atoms with Gasteiger partial charge in [-0.25, -0.2) is 4.98 Å². The van der Waals surface area contributed by atoms with Crippen LogP contribution in [-0.4, -0.2) is 33.1 Å². The average Bonchev–Trinajstić information content (AvgIpc) is 3.40. The molecule has 0 aliphatic carbocycles. The fraction of sp³-hybridized carbons (Fsp3) is 0.171. The summed E-state index contributed by atoms with van der Waals surface area (Å²) in [7, 11) is 0. The molecule has 0 saturated heterocycles. The molecule has 1 unspecified atom stereocenters. The summed E-state index contributed by atoms with van der Waals surface area (Å²) in [5.74, 6) is 0.236. The van der Waals surface area contributed by atoms with Gasteiger partial charge in [-0.05, 0) is 71.7 Å². The van der Waals surface area contributed by atoms with E-state index in [1.165, 1.54) is 0 Å².